The molecule has 0 amide bonds. The van der Waals surface area contributed by atoms with Gasteiger partial charge >= 0.3 is 0 Å². The summed E-state index contributed by atoms with van der Waals surface area (Å²) in [4.78, 5) is 11.8. The second kappa shape index (κ2) is 9.83. The Morgan fingerprint density at radius 2 is 1.07 bits per heavy atom. The third kappa shape index (κ3) is 3.71. The number of hydrogen-bond donors (Lipinski definition) is 0. The Hall–Kier alpha value is -5.84. The van der Waals surface area contributed by atoms with Crippen LogP contribution >= 0.6 is 11.3 Å². The SMILES string of the molecule is c1ccc(-c2ccc(-c3nc(-n4c5ccc6ccccc6c5c5ccc6ccccc6c54)nc4sc5ccccc5c34)cc2)cc1. The molecule has 3 heterocycles. The molecule has 3 aromatic heterocycles. The highest BCUT2D eigenvalue weighted by Crippen LogP contribution is 2.42. The van der Waals surface area contributed by atoms with Crippen LogP contribution in [0, 0.1) is 0 Å². The first kappa shape index (κ1) is 25.5. The number of aromatic nitrogens is 3. The van der Waals surface area contributed by atoms with Crippen LogP contribution in [0.5, 0.6) is 0 Å². The van der Waals surface area contributed by atoms with E-state index in [1.54, 1.807) is 11.3 Å². The molecule has 0 saturated carbocycles. The van der Waals surface area contributed by atoms with Gasteiger partial charge in [0.15, 0.2) is 0 Å². The van der Waals surface area contributed by atoms with Gasteiger partial charge in [-0.1, -0.05) is 140 Å². The van der Waals surface area contributed by atoms with Crippen molar-refractivity contribution in [1.29, 1.82) is 0 Å². The Labute approximate surface area is 268 Å². The molecular weight excluding hydrogens is 579 g/mol. The molecule has 7 aromatic carbocycles. The number of benzene rings is 7. The van der Waals surface area contributed by atoms with E-state index in [0.29, 0.717) is 5.95 Å². The first-order valence-corrected chi connectivity index (χ1v) is 16.3. The first-order chi connectivity index (χ1) is 22.8. The van der Waals surface area contributed by atoms with Crippen LogP contribution in [0.4, 0.5) is 0 Å². The van der Waals surface area contributed by atoms with E-state index >= 15 is 0 Å². The zero-order chi connectivity index (χ0) is 30.2. The zero-order valence-corrected chi connectivity index (χ0v) is 25.5. The van der Waals surface area contributed by atoms with Crippen molar-refractivity contribution in [3.05, 3.63) is 152 Å². The number of fused-ring (bicyclic) bond motifs is 10. The number of thiophene rings is 1. The average molecular weight is 604 g/mol. The minimum Gasteiger partial charge on any atom is -0.277 e. The summed E-state index contributed by atoms with van der Waals surface area (Å²) in [5.41, 5.74) is 6.66. The van der Waals surface area contributed by atoms with Crippen molar-refractivity contribution >= 4 is 75.0 Å². The van der Waals surface area contributed by atoms with E-state index in [4.69, 9.17) is 9.97 Å². The Bertz CT molecular complexity index is 2790. The number of rotatable bonds is 3. The lowest BCUT2D eigenvalue weighted by molar-refractivity contribution is 1.02. The van der Waals surface area contributed by atoms with Gasteiger partial charge in [0.25, 0.3) is 0 Å². The second-order valence-electron chi connectivity index (χ2n) is 11.8. The van der Waals surface area contributed by atoms with Crippen LogP contribution in [0.3, 0.4) is 0 Å². The minimum atomic E-state index is 0.688. The molecule has 0 aliphatic carbocycles. The molecule has 0 aliphatic rings. The molecule has 0 unspecified atom stereocenters. The summed E-state index contributed by atoms with van der Waals surface area (Å²) in [7, 11) is 0. The second-order valence-corrected chi connectivity index (χ2v) is 12.8. The molecule has 0 aliphatic heterocycles. The minimum absolute atomic E-state index is 0.688. The van der Waals surface area contributed by atoms with Gasteiger partial charge in [-0.05, 0) is 39.4 Å². The third-order valence-corrected chi connectivity index (χ3v) is 10.3. The van der Waals surface area contributed by atoms with Crippen molar-refractivity contribution in [2.24, 2.45) is 0 Å². The van der Waals surface area contributed by atoms with Crippen molar-refractivity contribution in [2.75, 3.05) is 0 Å². The van der Waals surface area contributed by atoms with Crippen molar-refractivity contribution in [3.63, 3.8) is 0 Å². The molecule has 46 heavy (non-hydrogen) atoms. The van der Waals surface area contributed by atoms with Crippen LogP contribution in [-0.2, 0) is 0 Å². The van der Waals surface area contributed by atoms with Crippen molar-refractivity contribution in [3.8, 4) is 28.3 Å². The van der Waals surface area contributed by atoms with Gasteiger partial charge in [-0.15, -0.1) is 11.3 Å². The summed E-state index contributed by atoms with van der Waals surface area (Å²) in [5, 5.41) is 9.58. The maximum atomic E-state index is 5.48. The monoisotopic (exact) mass is 603 g/mol. The van der Waals surface area contributed by atoms with Crippen LogP contribution in [0.2, 0.25) is 0 Å². The van der Waals surface area contributed by atoms with Crippen molar-refractivity contribution in [1.82, 2.24) is 14.5 Å². The van der Waals surface area contributed by atoms with Crippen LogP contribution in [0.1, 0.15) is 0 Å². The van der Waals surface area contributed by atoms with Gasteiger partial charge in [0, 0.05) is 37.2 Å². The normalized spacial score (nSPS) is 11.9. The van der Waals surface area contributed by atoms with Gasteiger partial charge in [-0.2, -0.15) is 0 Å². The lowest BCUT2D eigenvalue weighted by atomic mass is 10.0. The van der Waals surface area contributed by atoms with Crippen molar-refractivity contribution < 1.29 is 0 Å². The fourth-order valence-electron chi connectivity index (χ4n) is 7.13. The number of hydrogen-bond acceptors (Lipinski definition) is 3. The maximum Gasteiger partial charge on any atom is 0.236 e. The first-order valence-electron chi connectivity index (χ1n) is 15.5. The molecule has 10 rings (SSSR count). The van der Waals surface area contributed by atoms with E-state index in [0.717, 1.165) is 32.5 Å². The Morgan fingerprint density at radius 3 is 1.89 bits per heavy atom. The molecule has 0 N–H and O–H groups in total. The summed E-state index contributed by atoms with van der Waals surface area (Å²) < 4.78 is 3.51. The fraction of sp³-hybridized carbons (Fsp3) is 0. The van der Waals surface area contributed by atoms with Crippen LogP contribution in [0.25, 0.3) is 92.0 Å². The lowest BCUT2D eigenvalue weighted by Gasteiger charge is -2.12. The molecule has 0 saturated heterocycles. The summed E-state index contributed by atoms with van der Waals surface area (Å²) in [6, 6.07) is 54.2. The summed E-state index contributed by atoms with van der Waals surface area (Å²) in [6.07, 6.45) is 0. The Balaban J connectivity index is 1.33. The van der Waals surface area contributed by atoms with Crippen LogP contribution in [0.15, 0.2) is 152 Å². The fourth-order valence-corrected chi connectivity index (χ4v) is 8.20. The Kier molecular flexibility index (Phi) is 5.45. The highest BCUT2D eigenvalue weighted by molar-refractivity contribution is 7.25. The smallest absolute Gasteiger partial charge is 0.236 e. The summed E-state index contributed by atoms with van der Waals surface area (Å²) in [6.45, 7) is 0. The Morgan fingerprint density at radius 1 is 0.435 bits per heavy atom. The third-order valence-electron chi connectivity index (χ3n) is 9.23. The molecule has 10 aromatic rings. The van der Waals surface area contributed by atoms with Gasteiger partial charge in [0.05, 0.1) is 16.7 Å². The predicted octanol–water partition coefficient (Wildman–Crippen LogP) is 11.6. The zero-order valence-electron chi connectivity index (χ0n) is 24.7. The van der Waals surface area contributed by atoms with Crippen LogP contribution < -0.4 is 0 Å². The van der Waals surface area contributed by atoms with Gasteiger partial charge in [0.2, 0.25) is 5.95 Å². The van der Waals surface area contributed by atoms with E-state index < -0.39 is 0 Å². The molecule has 3 nitrogen and oxygen atoms in total. The predicted molar refractivity (Wildman–Crippen MR) is 195 cm³/mol. The standard InChI is InChI=1S/C42H25N3S/c1-2-10-26(11-3-1)27-18-20-30(21-19-27)39-38-33-16-8-9-17-36(33)46-41(38)44-42(43-39)45-35-25-23-28-12-4-6-14-31(28)37(35)34-24-22-29-13-5-7-15-32(29)40(34)45/h1-25H. The van der Waals surface area contributed by atoms with Gasteiger partial charge in [-0.25, -0.2) is 9.97 Å². The average Bonchev–Trinajstić information content (AvgIpc) is 3.68. The quantitative estimate of drug-likeness (QED) is 0.201. The maximum absolute atomic E-state index is 5.48. The largest absolute Gasteiger partial charge is 0.277 e. The van der Waals surface area contributed by atoms with Gasteiger partial charge in [-0.3, -0.25) is 4.57 Å². The van der Waals surface area contributed by atoms with E-state index in [-0.39, 0.29) is 0 Å². The molecule has 0 spiro atoms. The van der Waals surface area contributed by atoms with Gasteiger partial charge < -0.3 is 0 Å². The van der Waals surface area contributed by atoms with E-state index in [9.17, 15) is 0 Å². The van der Waals surface area contributed by atoms with Crippen molar-refractivity contribution in [2.45, 2.75) is 0 Å². The van der Waals surface area contributed by atoms with E-state index in [1.807, 2.05) is 0 Å². The molecule has 4 heteroatoms. The summed E-state index contributed by atoms with van der Waals surface area (Å²) >= 11 is 1.73. The molecular formula is C42H25N3S. The molecule has 0 atom stereocenters. The molecule has 214 valence electrons. The topological polar surface area (TPSA) is 30.7 Å². The summed E-state index contributed by atoms with van der Waals surface area (Å²) in [5.74, 6) is 0.688. The lowest BCUT2D eigenvalue weighted by Crippen LogP contribution is -2.03. The highest BCUT2D eigenvalue weighted by atomic mass is 32.1. The number of nitrogens with zero attached hydrogens (tertiary/aromatic N) is 3. The molecule has 0 bridgehead atoms. The molecule has 0 fully saturated rings. The van der Waals surface area contributed by atoms with E-state index in [2.05, 4.69) is 156 Å². The van der Waals surface area contributed by atoms with Gasteiger partial charge in [0.1, 0.15) is 4.83 Å². The molecule has 0 radical (unpaired) electrons. The van der Waals surface area contributed by atoms with E-state index in [1.165, 1.54) is 53.5 Å². The highest BCUT2D eigenvalue weighted by Gasteiger charge is 2.22. The van der Waals surface area contributed by atoms with Crippen LogP contribution in [-0.4, -0.2) is 14.5 Å².